The van der Waals surface area contributed by atoms with E-state index >= 15 is 0 Å². The van der Waals surface area contributed by atoms with Gasteiger partial charge in [0, 0.05) is 25.4 Å². The predicted octanol–water partition coefficient (Wildman–Crippen LogP) is 6.07. The van der Waals surface area contributed by atoms with Crippen LogP contribution in [0.4, 0.5) is 0 Å². The number of carbonyl (C=O) groups is 4. The van der Waals surface area contributed by atoms with Gasteiger partial charge in [0.2, 0.25) is 11.8 Å². The summed E-state index contributed by atoms with van der Waals surface area (Å²) < 4.78 is 13.7. The summed E-state index contributed by atoms with van der Waals surface area (Å²) in [6.07, 6.45) is 9.94. The average Bonchev–Trinajstić information content (AvgIpc) is 3.58. The lowest BCUT2D eigenvalue weighted by Crippen LogP contribution is -2.55. The molecule has 0 radical (unpaired) electrons. The minimum absolute atomic E-state index is 0.00186. The summed E-state index contributed by atoms with van der Waals surface area (Å²) in [5, 5.41) is 12.9. The summed E-state index contributed by atoms with van der Waals surface area (Å²) in [6.45, 7) is 22.3. The Labute approximate surface area is 319 Å². The standard InChI is InChI=1S/C39H73N5O7S/c1-10-38(11-2,12-3)30-50-26-25-49-24-22-41-35(47)33(42-36(48)39(13-4,14-5)37(7,8)9)19-15-16-21-40-34(46)29-51-43-31(6)20-27-52-44-23-17-18-32(44)28-45/h28,32-33H,10-27,29-30H2,1-9H3,(H,40,46)(H,41,47)(H,42,48)/b43-31+/t32-,33-/m0/s1. The molecule has 0 bridgehead atoms. The Morgan fingerprint density at radius 3 is 2.21 bits per heavy atom. The molecule has 0 aliphatic carbocycles. The second-order valence-corrected chi connectivity index (χ2v) is 16.2. The number of unbranched alkanes of at least 4 members (excludes halogenated alkanes) is 1. The van der Waals surface area contributed by atoms with Gasteiger partial charge in [-0.2, -0.15) is 0 Å². The van der Waals surface area contributed by atoms with Crippen molar-refractivity contribution >= 4 is 41.7 Å². The van der Waals surface area contributed by atoms with Gasteiger partial charge in [-0.1, -0.05) is 72.5 Å². The molecule has 0 unspecified atom stereocenters. The number of rotatable bonds is 29. The smallest absolute Gasteiger partial charge is 0.260 e. The van der Waals surface area contributed by atoms with Gasteiger partial charge in [-0.25, -0.2) is 4.31 Å². The van der Waals surface area contributed by atoms with Crippen LogP contribution in [-0.4, -0.2) is 105 Å². The minimum Gasteiger partial charge on any atom is -0.386 e. The summed E-state index contributed by atoms with van der Waals surface area (Å²) >= 11 is 1.65. The number of hydrogen-bond acceptors (Lipinski definition) is 10. The molecule has 302 valence electrons. The lowest BCUT2D eigenvalue weighted by atomic mass is 9.62. The van der Waals surface area contributed by atoms with E-state index in [1.54, 1.807) is 11.9 Å². The molecule has 13 heteroatoms. The average molecular weight is 756 g/mol. The van der Waals surface area contributed by atoms with Gasteiger partial charge in [0.25, 0.3) is 5.91 Å². The second kappa shape index (κ2) is 25.7. The number of ether oxygens (including phenoxy) is 2. The van der Waals surface area contributed by atoms with Crippen LogP contribution in [0.5, 0.6) is 0 Å². The lowest BCUT2D eigenvalue weighted by molar-refractivity contribution is -0.141. The highest BCUT2D eigenvalue weighted by Gasteiger charge is 2.46. The molecule has 0 aromatic heterocycles. The van der Waals surface area contributed by atoms with E-state index in [0.717, 1.165) is 63.0 Å². The van der Waals surface area contributed by atoms with Crippen molar-refractivity contribution in [3.05, 3.63) is 0 Å². The molecular formula is C39H73N5O7S. The Bertz CT molecular complexity index is 1070. The molecule has 1 aliphatic rings. The minimum atomic E-state index is -0.704. The lowest BCUT2D eigenvalue weighted by Gasteiger charge is -2.43. The maximum Gasteiger partial charge on any atom is 0.260 e. The number of hydrogen-bond donors (Lipinski definition) is 3. The van der Waals surface area contributed by atoms with Crippen LogP contribution >= 0.6 is 11.9 Å². The van der Waals surface area contributed by atoms with E-state index < -0.39 is 11.5 Å². The van der Waals surface area contributed by atoms with Gasteiger partial charge >= 0.3 is 0 Å². The fraction of sp³-hybridized carbons (Fsp3) is 0.872. The Hall–Kier alpha value is -2.22. The fourth-order valence-electron chi connectivity index (χ4n) is 6.84. The first-order valence-electron chi connectivity index (χ1n) is 19.8. The maximum absolute atomic E-state index is 13.7. The van der Waals surface area contributed by atoms with Gasteiger partial charge in [0.1, 0.15) is 12.3 Å². The van der Waals surface area contributed by atoms with Crippen molar-refractivity contribution in [2.75, 3.05) is 58.4 Å². The van der Waals surface area contributed by atoms with Gasteiger partial charge in [-0.3, -0.25) is 14.4 Å². The third kappa shape index (κ3) is 16.4. The molecule has 3 N–H and O–H groups in total. The SMILES string of the molecule is CCC(CC)(CC)COCCOCCNC(=O)[C@H](CCCCNC(=O)CO/N=C(\C)CCSN1CCC[C@H]1C=O)NC(=O)C(CC)(CC)C(C)(C)C. The summed E-state index contributed by atoms with van der Waals surface area (Å²) in [6, 6.07) is -0.705. The molecule has 1 heterocycles. The quantitative estimate of drug-likeness (QED) is 0.0272. The second-order valence-electron chi connectivity index (χ2n) is 15.1. The number of nitrogens with one attached hydrogen (secondary N) is 3. The van der Waals surface area contributed by atoms with Crippen LogP contribution in [0.25, 0.3) is 0 Å². The van der Waals surface area contributed by atoms with Crippen molar-refractivity contribution in [1.82, 2.24) is 20.3 Å². The van der Waals surface area contributed by atoms with E-state index in [4.69, 9.17) is 14.3 Å². The van der Waals surface area contributed by atoms with Gasteiger partial charge < -0.3 is 35.1 Å². The van der Waals surface area contributed by atoms with Gasteiger partial charge in [-0.15, -0.1) is 0 Å². The van der Waals surface area contributed by atoms with Gasteiger partial charge in [0.05, 0.1) is 43.6 Å². The van der Waals surface area contributed by atoms with Crippen molar-refractivity contribution in [3.8, 4) is 0 Å². The molecule has 3 amide bonds. The zero-order chi connectivity index (χ0) is 39.0. The zero-order valence-corrected chi connectivity index (χ0v) is 34.9. The van der Waals surface area contributed by atoms with Crippen LogP contribution in [-0.2, 0) is 33.5 Å². The van der Waals surface area contributed by atoms with E-state index in [9.17, 15) is 19.2 Å². The highest BCUT2D eigenvalue weighted by molar-refractivity contribution is 7.97. The summed E-state index contributed by atoms with van der Waals surface area (Å²) in [7, 11) is 0. The molecule has 2 atom stereocenters. The first-order valence-corrected chi connectivity index (χ1v) is 20.7. The molecule has 1 fully saturated rings. The highest BCUT2D eigenvalue weighted by Crippen LogP contribution is 2.44. The predicted molar refractivity (Wildman–Crippen MR) is 211 cm³/mol. The fourth-order valence-corrected chi connectivity index (χ4v) is 8.07. The van der Waals surface area contributed by atoms with E-state index in [0.29, 0.717) is 71.4 Å². The van der Waals surface area contributed by atoms with Crippen molar-refractivity contribution in [2.45, 2.75) is 145 Å². The molecular weight excluding hydrogens is 683 g/mol. The Morgan fingerprint density at radius 2 is 1.60 bits per heavy atom. The molecule has 0 spiro atoms. The number of amides is 3. The van der Waals surface area contributed by atoms with E-state index in [1.165, 1.54) is 0 Å². The van der Waals surface area contributed by atoms with Crippen LogP contribution < -0.4 is 16.0 Å². The van der Waals surface area contributed by atoms with Gasteiger partial charge in [0.15, 0.2) is 6.61 Å². The number of aldehydes is 1. The van der Waals surface area contributed by atoms with Gasteiger partial charge in [-0.05, 0) is 88.4 Å². The number of nitrogens with zero attached hydrogens (tertiary/aromatic N) is 2. The monoisotopic (exact) mass is 756 g/mol. The largest absolute Gasteiger partial charge is 0.386 e. The Balaban J connectivity index is 2.54. The van der Waals surface area contributed by atoms with Crippen LogP contribution in [0.3, 0.4) is 0 Å². The zero-order valence-electron chi connectivity index (χ0n) is 34.0. The van der Waals surface area contributed by atoms with Crippen LogP contribution in [0, 0.1) is 16.2 Å². The maximum atomic E-state index is 13.7. The van der Waals surface area contributed by atoms with Crippen molar-refractivity contribution in [2.24, 2.45) is 21.4 Å². The Morgan fingerprint density at radius 1 is 0.923 bits per heavy atom. The van der Waals surface area contributed by atoms with Crippen molar-refractivity contribution in [1.29, 1.82) is 0 Å². The molecule has 0 aromatic carbocycles. The van der Waals surface area contributed by atoms with Crippen LogP contribution in [0.2, 0.25) is 0 Å². The summed E-state index contributed by atoms with van der Waals surface area (Å²) in [5.74, 6) is 0.173. The summed E-state index contributed by atoms with van der Waals surface area (Å²) in [5.41, 5.74) is 0.109. The third-order valence-corrected chi connectivity index (χ3v) is 12.2. The normalized spacial score (nSPS) is 16.4. The topological polar surface area (TPSA) is 148 Å². The number of carbonyl (C=O) groups excluding carboxylic acids is 4. The first kappa shape index (κ1) is 47.8. The highest BCUT2D eigenvalue weighted by atomic mass is 32.2. The first-order chi connectivity index (χ1) is 24.8. The molecule has 0 aromatic rings. The molecule has 1 rings (SSSR count). The van der Waals surface area contributed by atoms with Crippen LogP contribution in [0.1, 0.15) is 133 Å². The van der Waals surface area contributed by atoms with Crippen molar-refractivity contribution in [3.63, 3.8) is 0 Å². The van der Waals surface area contributed by atoms with E-state index in [1.807, 2.05) is 20.8 Å². The molecule has 12 nitrogen and oxygen atoms in total. The van der Waals surface area contributed by atoms with Crippen molar-refractivity contribution < 1.29 is 33.5 Å². The Kier molecular flexibility index (Phi) is 23.7. The van der Waals surface area contributed by atoms with E-state index in [2.05, 4.69) is 67.0 Å². The summed E-state index contributed by atoms with van der Waals surface area (Å²) in [4.78, 5) is 55.8. The molecule has 0 saturated carbocycles. The van der Waals surface area contributed by atoms with E-state index in [-0.39, 0.29) is 41.2 Å². The molecule has 1 aliphatic heterocycles. The number of oxime groups is 1. The third-order valence-electron chi connectivity index (χ3n) is 11.1. The molecule has 1 saturated heterocycles. The van der Waals surface area contributed by atoms with Crippen LogP contribution in [0.15, 0.2) is 5.16 Å². The molecule has 52 heavy (non-hydrogen) atoms.